The Kier molecular flexibility index (Phi) is 4.69. The van der Waals surface area contributed by atoms with Crippen molar-refractivity contribution in [3.63, 3.8) is 0 Å². The van der Waals surface area contributed by atoms with Crippen molar-refractivity contribution in [1.82, 2.24) is 9.97 Å². The second-order valence-electron chi connectivity index (χ2n) is 5.79. The summed E-state index contributed by atoms with van der Waals surface area (Å²) in [7, 11) is 0. The smallest absolute Gasteiger partial charge is 0.305 e. The Morgan fingerprint density at radius 2 is 2.04 bits per heavy atom. The number of hydrogen-bond donors (Lipinski definition) is 1. The second-order valence-corrected chi connectivity index (χ2v) is 5.79. The van der Waals surface area contributed by atoms with Crippen LogP contribution in [0.2, 0.25) is 0 Å². The van der Waals surface area contributed by atoms with E-state index >= 15 is 0 Å². The van der Waals surface area contributed by atoms with Gasteiger partial charge >= 0.3 is 5.97 Å². The van der Waals surface area contributed by atoms with Crippen molar-refractivity contribution in [2.24, 2.45) is 0 Å². The molecule has 0 bridgehead atoms. The van der Waals surface area contributed by atoms with Gasteiger partial charge in [0.25, 0.3) is 0 Å². The minimum Gasteiger partial charge on any atom is -0.481 e. The maximum absolute atomic E-state index is 13.5. The summed E-state index contributed by atoms with van der Waals surface area (Å²) in [6.07, 6.45) is 4.11. The SMILES string of the molecule is O=C(O)CCN(Cc1ccc(F)c(F)c1)c1ncnc2c1CCC2. The molecule has 0 saturated heterocycles. The van der Waals surface area contributed by atoms with Gasteiger partial charge in [0, 0.05) is 24.3 Å². The number of anilines is 1. The van der Waals surface area contributed by atoms with E-state index in [0.29, 0.717) is 11.4 Å². The monoisotopic (exact) mass is 333 g/mol. The van der Waals surface area contributed by atoms with E-state index in [1.165, 1.54) is 12.4 Å². The molecular formula is C17H17F2N3O2. The number of aliphatic carboxylic acids is 1. The molecule has 1 aliphatic carbocycles. The average molecular weight is 333 g/mol. The third-order valence-electron chi connectivity index (χ3n) is 4.10. The van der Waals surface area contributed by atoms with Gasteiger partial charge in [-0.3, -0.25) is 4.79 Å². The lowest BCUT2D eigenvalue weighted by Crippen LogP contribution is -2.28. The fourth-order valence-corrected chi connectivity index (χ4v) is 2.96. The first kappa shape index (κ1) is 16.3. The molecule has 0 amide bonds. The molecule has 1 aromatic carbocycles. The van der Waals surface area contributed by atoms with Gasteiger partial charge in [-0.25, -0.2) is 18.7 Å². The van der Waals surface area contributed by atoms with Gasteiger partial charge in [-0.05, 0) is 37.0 Å². The van der Waals surface area contributed by atoms with Gasteiger partial charge in [-0.15, -0.1) is 0 Å². The molecule has 0 fully saturated rings. The molecule has 126 valence electrons. The highest BCUT2D eigenvalue weighted by Crippen LogP contribution is 2.29. The van der Waals surface area contributed by atoms with E-state index in [4.69, 9.17) is 5.11 Å². The van der Waals surface area contributed by atoms with E-state index in [1.54, 1.807) is 4.90 Å². The van der Waals surface area contributed by atoms with Crippen molar-refractivity contribution in [1.29, 1.82) is 0 Å². The summed E-state index contributed by atoms with van der Waals surface area (Å²) in [6, 6.07) is 3.70. The number of rotatable bonds is 6. The average Bonchev–Trinajstić information content (AvgIpc) is 3.03. The molecule has 0 spiro atoms. The van der Waals surface area contributed by atoms with Gasteiger partial charge in [0.15, 0.2) is 11.6 Å². The number of carbonyl (C=O) groups is 1. The van der Waals surface area contributed by atoms with E-state index in [2.05, 4.69) is 9.97 Å². The Balaban J connectivity index is 1.90. The molecule has 2 aromatic rings. The van der Waals surface area contributed by atoms with Crippen LogP contribution in [0.1, 0.15) is 29.7 Å². The van der Waals surface area contributed by atoms with E-state index in [0.717, 1.165) is 42.7 Å². The molecule has 1 heterocycles. The van der Waals surface area contributed by atoms with Gasteiger partial charge in [0.05, 0.1) is 6.42 Å². The molecule has 0 radical (unpaired) electrons. The van der Waals surface area contributed by atoms with Gasteiger partial charge in [-0.2, -0.15) is 0 Å². The summed E-state index contributed by atoms with van der Waals surface area (Å²) in [4.78, 5) is 21.3. The van der Waals surface area contributed by atoms with Crippen LogP contribution in [0.4, 0.5) is 14.6 Å². The highest BCUT2D eigenvalue weighted by Gasteiger charge is 2.22. The van der Waals surface area contributed by atoms with Crippen molar-refractivity contribution in [2.75, 3.05) is 11.4 Å². The second kappa shape index (κ2) is 6.90. The number of nitrogens with zero attached hydrogens (tertiary/aromatic N) is 3. The molecule has 1 N–H and O–H groups in total. The lowest BCUT2D eigenvalue weighted by molar-refractivity contribution is -0.136. The third-order valence-corrected chi connectivity index (χ3v) is 4.10. The minimum absolute atomic E-state index is 0.0670. The standard InChI is InChI=1S/C17H17F2N3O2/c18-13-5-4-11(8-14(13)19)9-22(7-6-16(23)24)17-12-2-1-3-15(12)20-10-21-17/h4-5,8,10H,1-3,6-7,9H2,(H,23,24). The zero-order valence-electron chi connectivity index (χ0n) is 13.0. The van der Waals surface area contributed by atoms with E-state index in [9.17, 15) is 13.6 Å². The van der Waals surface area contributed by atoms with Crippen molar-refractivity contribution >= 4 is 11.8 Å². The van der Waals surface area contributed by atoms with Crippen LogP contribution in [0, 0.1) is 11.6 Å². The van der Waals surface area contributed by atoms with Gasteiger partial charge in [-0.1, -0.05) is 6.07 Å². The number of aromatic nitrogens is 2. The Bertz CT molecular complexity index is 767. The van der Waals surface area contributed by atoms with Crippen LogP contribution in [-0.4, -0.2) is 27.6 Å². The van der Waals surface area contributed by atoms with Crippen molar-refractivity contribution in [2.45, 2.75) is 32.2 Å². The summed E-state index contributed by atoms with van der Waals surface area (Å²) < 4.78 is 26.6. The maximum atomic E-state index is 13.5. The van der Waals surface area contributed by atoms with Crippen LogP contribution in [0.5, 0.6) is 0 Å². The predicted octanol–water partition coefficient (Wildman–Crippen LogP) is 2.72. The quantitative estimate of drug-likeness (QED) is 0.880. The largest absolute Gasteiger partial charge is 0.481 e. The molecule has 5 nitrogen and oxygen atoms in total. The molecule has 0 unspecified atom stereocenters. The van der Waals surface area contributed by atoms with Crippen LogP contribution in [0.3, 0.4) is 0 Å². The van der Waals surface area contributed by atoms with Crippen LogP contribution in [0.25, 0.3) is 0 Å². The van der Waals surface area contributed by atoms with E-state index in [-0.39, 0.29) is 19.5 Å². The molecule has 0 aliphatic heterocycles. The molecule has 1 aliphatic rings. The highest BCUT2D eigenvalue weighted by atomic mass is 19.2. The van der Waals surface area contributed by atoms with Gasteiger partial charge in [0.2, 0.25) is 0 Å². The normalized spacial score (nSPS) is 12.9. The van der Waals surface area contributed by atoms with Crippen molar-refractivity contribution in [3.05, 3.63) is 53.0 Å². The zero-order chi connectivity index (χ0) is 17.1. The number of benzene rings is 1. The summed E-state index contributed by atoms with van der Waals surface area (Å²) in [6.45, 7) is 0.492. The summed E-state index contributed by atoms with van der Waals surface area (Å²) >= 11 is 0. The topological polar surface area (TPSA) is 66.3 Å². The summed E-state index contributed by atoms with van der Waals surface area (Å²) in [5, 5.41) is 8.98. The lowest BCUT2D eigenvalue weighted by Gasteiger charge is -2.25. The molecule has 3 rings (SSSR count). The Morgan fingerprint density at radius 1 is 1.21 bits per heavy atom. The van der Waals surface area contributed by atoms with Crippen LogP contribution < -0.4 is 4.90 Å². The lowest BCUT2D eigenvalue weighted by atomic mass is 10.1. The number of carboxylic acids is 1. The number of fused-ring (bicyclic) bond motifs is 1. The van der Waals surface area contributed by atoms with Gasteiger partial charge < -0.3 is 10.0 Å². The number of carboxylic acid groups (broad SMARTS) is 1. The Morgan fingerprint density at radius 3 is 2.79 bits per heavy atom. The van der Waals surface area contributed by atoms with E-state index in [1.807, 2.05) is 0 Å². The first-order chi connectivity index (χ1) is 11.5. The van der Waals surface area contributed by atoms with Crippen LogP contribution in [-0.2, 0) is 24.2 Å². The fraction of sp³-hybridized carbons (Fsp3) is 0.353. The first-order valence-electron chi connectivity index (χ1n) is 7.78. The van der Waals surface area contributed by atoms with Crippen molar-refractivity contribution in [3.8, 4) is 0 Å². The molecule has 24 heavy (non-hydrogen) atoms. The van der Waals surface area contributed by atoms with E-state index < -0.39 is 17.6 Å². The Labute approximate surface area is 138 Å². The highest BCUT2D eigenvalue weighted by molar-refractivity contribution is 5.67. The first-order valence-corrected chi connectivity index (χ1v) is 7.78. The number of hydrogen-bond acceptors (Lipinski definition) is 4. The molecule has 1 aromatic heterocycles. The summed E-state index contributed by atoms with van der Waals surface area (Å²) in [5.41, 5.74) is 2.56. The van der Waals surface area contributed by atoms with Crippen molar-refractivity contribution < 1.29 is 18.7 Å². The molecule has 7 heteroatoms. The third kappa shape index (κ3) is 3.50. The molecular weight excluding hydrogens is 316 g/mol. The van der Waals surface area contributed by atoms with Crippen LogP contribution >= 0.6 is 0 Å². The molecule has 0 saturated carbocycles. The predicted molar refractivity (Wildman–Crippen MR) is 83.7 cm³/mol. The van der Waals surface area contributed by atoms with Crippen LogP contribution in [0.15, 0.2) is 24.5 Å². The van der Waals surface area contributed by atoms with Gasteiger partial charge in [0.1, 0.15) is 12.1 Å². The molecule has 0 atom stereocenters. The summed E-state index contributed by atoms with van der Waals surface area (Å²) in [5.74, 6) is -2.06. The maximum Gasteiger partial charge on any atom is 0.305 e. The number of aryl methyl sites for hydroxylation is 1. The fourth-order valence-electron chi connectivity index (χ4n) is 2.96. The number of halogens is 2. The zero-order valence-corrected chi connectivity index (χ0v) is 13.0. The Hall–Kier alpha value is -2.57. The minimum atomic E-state index is -0.920.